The van der Waals surface area contributed by atoms with Crippen LogP contribution in [0.15, 0.2) is 23.9 Å². The number of allylic oxidation sites excluding steroid dienone is 3. The van der Waals surface area contributed by atoms with E-state index < -0.39 is 11.8 Å². The second-order valence-electron chi connectivity index (χ2n) is 4.44. The van der Waals surface area contributed by atoms with E-state index in [9.17, 15) is 9.59 Å². The van der Waals surface area contributed by atoms with E-state index in [1.165, 1.54) is 5.57 Å². The van der Waals surface area contributed by atoms with Crippen molar-refractivity contribution in [2.75, 3.05) is 0 Å². The smallest absolute Gasteiger partial charge is 0.244 e. The molecular weight excluding hydrogens is 244 g/mol. The largest absolute Gasteiger partial charge is 0.333 e. The molecule has 0 aliphatic carbocycles. The first-order valence-electron chi connectivity index (χ1n) is 6.55. The summed E-state index contributed by atoms with van der Waals surface area (Å²) in [6, 6.07) is 0. The number of hydroxylamine groups is 1. The molecule has 0 saturated heterocycles. The highest BCUT2D eigenvalue weighted by molar-refractivity contribution is 5.85. The zero-order chi connectivity index (χ0) is 14.7. The molecule has 19 heavy (non-hydrogen) atoms. The molecule has 0 heterocycles. The lowest BCUT2D eigenvalue weighted by Gasteiger charge is -2.14. The summed E-state index contributed by atoms with van der Waals surface area (Å²) in [5.74, 6) is -1.19. The Balaban J connectivity index is 4.53. The van der Waals surface area contributed by atoms with E-state index in [4.69, 9.17) is 5.21 Å². The highest BCUT2D eigenvalue weighted by atomic mass is 16.5. The van der Waals surface area contributed by atoms with Crippen LogP contribution in [0.3, 0.4) is 0 Å². The lowest BCUT2D eigenvalue weighted by atomic mass is 9.95. The van der Waals surface area contributed by atoms with Gasteiger partial charge in [-0.15, -0.1) is 0 Å². The average molecular weight is 268 g/mol. The van der Waals surface area contributed by atoms with Gasteiger partial charge < -0.3 is 5.32 Å². The van der Waals surface area contributed by atoms with Crippen LogP contribution in [-0.2, 0) is 9.59 Å². The van der Waals surface area contributed by atoms with Crippen LogP contribution >= 0.6 is 0 Å². The fraction of sp³-hybridized carbons (Fsp3) is 0.571. The van der Waals surface area contributed by atoms with E-state index in [1.54, 1.807) is 24.7 Å². The Labute approximate surface area is 114 Å². The maximum absolute atomic E-state index is 11.9. The number of amides is 2. The van der Waals surface area contributed by atoms with Gasteiger partial charge in [-0.3, -0.25) is 14.8 Å². The van der Waals surface area contributed by atoms with Gasteiger partial charge in [-0.05, 0) is 39.3 Å². The zero-order valence-electron chi connectivity index (χ0n) is 11.9. The van der Waals surface area contributed by atoms with Crippen LogP contribution < -0.4 is 10.8 Å². The molecule has 0 radical (unpaired) electrons. The third-order valence-corrected chi connectivity index (χ3v) is 2.76. The Morgan fingerprint density at radius 1 is 1.37 bits per heavy atom. The van der Waals surface area contributed by atoms with Gasteiger partial charge in [0.05, 0.1) is 0 Å². The van der Waals surface area contributed by atoms with Crippen LogP contribution in [0, 0.1) is 5.92 Å². The molecule has 0 saturated carbocycles. The molecule has 5 nitrogen and oxygen atoms in total. The zero-order valence-corrected chi connectivity index (χ0v) is 11.9. The van der Waals surface area contributed by atoms with E-state index in [0.29, 0.717) is 6.42 Å². The maximum atomic E-state index is 11.9. The molecule has 0 spiro atoms. The second kappa shape index (κ2) is 10.3. The molecule has 5 heteroatoms. The van der Waals surface area contributed by atoms with Crippen molar-refractivity contribution >= 4 is 11.8 Å². The minimum Gasteiger partial charge on any atom is -0.333 e. The van der Waals surface area contributed by atoms with E-state index in [1.807, 2.05) is 6.92 Å². The normalized spacial score (nSPS) is 13.4. The van der Waals surface area contributed by atoms with E-state index in [2.05, 4.69) is 18.3 Å². The fourth-order valence-electron chi connectivity index (χ4n) is 1.73. The van der Waals surface area contributed by atoms with Crippen molar-refractivity contribution in [1.29, 1.82) is 0 Å². The molecule has 1 unspecified atom stereocenters. The van der Waals surface area contributed by atoms with Gasteiger partial charge in [0.25, 0.3) is 0 Å². The van der Waals surface area contributed by atoms with Crippen LogP contribution in [0.4, 0.5) is 0 Å². The molecule has 1 atom stereocenters. The van der Waals surface area contributed by atoms with Gasteiger partial charge in [0, 0.05) is 12.3 Å². The van der Waals surface area contributed by atoms with Gasteiger partial charge in [-0.1, -0.05) is 24.6 Å². The number of hydrogen-bond donors (Lipinski definition) is 3. The third-order valence-electron chi connectivity index (χ3n) is 2.76. The third kappa shape index (κ3) is 8.15. The highest BCUT2D eigenvalue weighted by Gasteiger charge is 2.20. The van der Waals surface area contributed by atoms with E-state index in [0.717, 1.165) is 12.8 Å². The molecule has 0 aromatic carbocycles. The Kier molecular flexibility index (Phi) is 9.44. The number of hydrogen-bond acceptors (Lipinski definition) is 3. The Morgan fingerprint density at radius 2 is 2.05 bits per heavy atom. The molecule has 2 amide bonds. The maximum Gasteiger partial charge on any atom is 0.244 e. The molecule has 0 aliphatic rings. The van der Waals surface area contributed by atoms with Crippen molar-refractivity contribution < 1.29 is 14.8 Å². The molecule has 0 aliphatic heterocycles. The van der Waals surface area contributed by atoms with Crippen LogP contribution in [0.2, 0.25) is 0 Å². The fourth-order valence-corrected chi connectivity index (χ4v) is 1.73. The predicted molar refractivity (Wildman–Crippen MR) is 74.3 cm³/mol. The quantitative estimate of drug-likeness (QED) is 0.359. The minimum atomic E-state index is -0.544. The number of rotatable bonds is 8. The summed E-state index contributed by atoms with van der Waals surface area (Å²) in [5.41, 5.74) is 2.77. The monoisotopic (exact) mass is 268 g/mol. The standard InChI is InChI=1S/C14H24N2O3/c1-4-6-11(3)7-8-12(10-13(17)16-19)14(18)15-9-5-2/h5-6,9,12,19H,4,7-8,10H2,1-3H3,(H,15,18)(H,16,17)/b9-5+,11-6+. The van der Waals surface area contributed by atoms with Gasteiger partial charge >= 0.3 is 0 Å². The van der Waals surface area contributed by atoms with Gasteiger partial charge in [0.1, 0.15) is 0 Å². The molecule has 0 aromatic heterocycles. The van der Waals surface area contributed by atoms with E-state index in [-0.39, 0.29) is 12.3 Å². The minimum absolute atomic E-state index is 0.0146. The summed E-state index contributed by atoms with van der Waals surface area (Å²) in [6.45, 7) is 5.86. The first kappa shape index (κ1) is 17.4. The first-order chi connectivity index (χ1) is 9.04. The van der Waals surface area contributed by atoms with Crippen molar-refractivity contribution in [2.45, 2.75) is 46.5 Å². The van der Waals surface area contributed by atoms with Gasteiger partial charge in [-0.2, -0.15) is 0 Å². The van der Waals surface area contributed by atoms with Crippen molar-refractivity contribution in [3.63, 3.8) is 0 Å². The van der Waals surface area contributed by atoms with Crippen LogP contribution in [0.25, 0.3) is 0 Å². The summed E-state index contributed by atoms with van der Waals surface area (Å²) >= 11 is 0. The SMILES string of the molecule is C/C=C/NC(=O)C(CC/C(C)=C/CC)CC(=O)NO. The van der Waals surface area contributed by atoms with Crippen molar-refractivity contribution in [3.8, 4) is 0 Å². The summed E-state index contributed by atoms with van der Waals surface area (Å²) in [7, 11) is 0. The Bertz CT molecular complexity index is 349. The van der Waals surface area contributed by atoms with Crippen LogP contribution in [0.5, 0.6) is 0 Å². The lowest BCUT2D eigenvalue weighted by molar-refractivity contribution is -0.134. The second-order valence-corrected chi connectivity index (χ2v) is 4.44. The summed E-state index contributed by atoms with van der Waals surface area (Å²) in [6.07, 6.45) is 7.65. The van der Waals surface area contributed by atoms with E-state index >= 15 is 0 Å². The van der Waals surface area contributed by atoms with Crippen molar-refractivity contribution in [1.82, 2.24) is 10.8 Å². The molecule has 0 aromatic rings. The van der Waals surface area contributed by atoms with Gasteiger partial charge in [0.15, 0.2) is 0 Å². The number of nitrogens with one attached hydrogen (secondary N) is 2. The highest BCUT2D eigenvalue weighted by Crippen LogP contribution is 2.16. The Hall–Kier alpha value is -1.62. The Morgan fingerprint density at radius 3 is 2.58 bits per heavy atom. The van der Waals surface area contributed by atoms with Crippen molar-refractivity contribution in [3.05, 3.63) is 23.9 Å². The van der Waals surface area contributed by atoms with Crippen LogP contribution in [-0.4, -0.2) is 17.0 Å². The predicted octanol–water partition coefficient (Wildman–Crippen LogP) is 2.28. The summed E-state index contributed by atoms with van der Waals surface area (Å²) in [5, 5.41) is 11.2. The number of carbonyl (C=O) groups excluding carboxylic acids is 2. The average Bonchev–Trinajstić information content (AvgIpc) is 2.40. The summed E-state index contributed by atoms with van der Waals surface area (Å²) < 4.78 is 0. The van der Waals surface area contributed by atoms with Gasteiger partial charge in [-0.25, -0.2) is 5.48 Å². The van der Waals surface area contributed by atoms with Gasteiger partial charge in [0.2, 0.25) is 11.8 Å². The molecule has 3 N–H and O–H groups in total. The summed E-state index contributed by atoms with van der Waals surface area (Å²) in [4.78, 5) is 23.1. The van der Waals surface area contributed by atoms with Crippen LogP contribution in [0.1, 0.15) is 46.5 Å². The molecule has 0 bridgehead atoms. The molecular formula is C14H24N2O3. The topological polar surface area (TPSA) is 78.4 Å². The van der Waals surface area contributed by atoms with Crippen molar-refractivity contribution in [2.24, 2.45) is 5.92 Å². The first-order valence-corrected chi connectivity index (χ1v) is 6.55. The molecule has 0 fully saturated rings. The molecule has 0 rings (SSSR count). The lowest BCUT2D eigenvalue weighted by Crippen LogP contribution is -2.31. The number of carbonyl (C=O) groups is 2. The molecule has 108 valence electrons.